The van der Waals surface area contributed by atoms with Crippen LogP contribution in [0.4, 0.5) is 0 Å². The Morgan fingerprint density at radius 1 is 1.09 bits per heavy atom. The van der Waals surface area contributed by atoms with Crippen LogP contribution in [0, 0.1) is 5.41 Å². The summed E-state index contributed by atoms with van der Waals surface area (Å²) in [5.74, 6) is -3.62. The van der Waals surface area contributed by atoms with Crippen LogP contribution in [0.5, 0.6) is 0 Å². The third-order valence-electron chi connectivity index (χ3n) is 2.42. The highest BCUT2D eigenvalue weighted by Gasteiger charge is 2.20. The largest absolute Gasteiger partial charge is 0.480 e. The molecule has 0 spiro atoms. The van der Waals surface area contributed by atoms with Crippen molar-refractivity contribution in [2.75, 3.05) is 13.1 Å². The molecule has 1 atom stereocenters. The summed E-state index contributed by atoms with van der Waals surface area (Å²) in [5, 5.41) is 22.2. The van der Waals surface area contributed by atoms with E-state index < -0.39 is 42.1 Å². The molecule has 0 saturated carbocycles. The highest BCUT2D eigenvalue weighted by molar-refractivity contribution is 6.26. The van der Waals surface area contributed by atoms with Crippen molar-refractivity contribution in [2.45, 2.75) is 25.8 Å². The third-order valence-corrected chi connectivity index (χ3v) is 2.42. The number of amides is 3. The van der Waals surface area contributed by atoms with E-state index in [9.17, 15) is 24.0 Å². The normalized spacial score (nSPS) is 11.0. The first-order valence-electron chi connectivity index (χ1n) is 6.32. The van der Waals surface area contributed by atoms with Crippen molar-refractivity contribution in [3.05, 3.63) is 0 Å². The average molecular weight is 314 g/mol. The molecule has 10 nitrogen and oxygen atoms in total. The molecule has 0 aliphatic rings. The van der Waals surface area contributed by atoms with Gasteiger partial charge in [-0.2, -0.15) is 0 Å². The van der Waals surface area contributed by atoms with Gasteiger partial charge in [-0.1, -0.05) is 0 Å². The van der Waals surface area contributed by atoms with Gasteiger partial charge in [0.25, 0.3) is 0 Å². The minimum atomic E-state index is -1.32. The van der Waals surface area contributed by atoms with Gasteiger partial charge in [-0.15, -0.1) is 0 Å². The second-order valence-corrected chi connectivity index (χ2v) is 4.29. The summed E-state index contributed by atoms with van der Waals surface area (Å²) in [6.07, 6.45) is 0.230. The molecule has 0 rings (SSSR count). The molecule has 10 heteroatoms. The van der Waals surface area contributed by atoms with E-state index in [2.05, 4.69) is 16.0 Å². The second-order valence-electron chi connectivity index (χ2n) is 4.29. The Morgan fingerprint density at radius 3 is 2.18 bits per heavy atom. The first-order chi connectivity index (χ1) is 10.3. The van der Waals surface area contributed by atoms with Gasteiger partial charge in [0, 0.05) is 13.3 Å². The fraction of sp³-hybridized carbons (Fsp3) is 0.500. The summed E-state index contributed by atoms with van der Waals surface area (Å²) in [5.41, 5.74) is 0. The summed E-state index contributed by atoms with van der Waals surface area (Å²) in [7, 11) is 0. The van der Waals surface area contributed by atoms with E-state index in [1.165, 1.54) is 6.92 Å². The smallest absolute Gasteiger partial charge is 0.326 e. The molecular weight excluding hydrogens is 296 g/mol. The first-order valence-corrected chi connectivity index (χ1v) is 6.32. The summed E-state index contributed by atoms with van der Waals surface area (Å²) in [4.78, 5) is 55.2. The van der Waals surface area contributed by atoms with Crippen LogP contribution in [-0.2, 0) is 24.0 Å². The number of carboxylic acids is 1. The number of Topliss-reactive ketones (excluding diaryl/α,β-unsaturated/α-hetero) is 1. The fourth-order valence-corrected chi connectivity index (χ4v) is 1.31. The second kappa shape index (κ2) is 10.0. The molecule has 0 fully saturated rings. The number of ketones is 1. The Morgan fingerprint density at radius 2 is 1.68 bits per heavy atom. The van der Waals surface area contributed by atoms with Crippen molar-refractivity contribution in [3.8, 4) is 0 Å². The number of carbonyl (C=O) groups is 5. The minimum Gasteiger partial charge on any atom is -0.480 e. The molecule has 0 aromatic carbocycles. The Balaban J connectivity index is 4.20. The third kappa shape index (κ3) is 9.18. The first kappa shape index (κ1) is 19.2. The number of hydrogen-bond donors (Lipinski definition) is 5. The molecule has 0 heterocycles. The van der Waals surface area contributed by atoms with Crippen LogP contribution in [0.25, 0.3) is 0 Å². The zero-order valence-electron chi connectivity index (χ0n) is 12.0. The van der Waals surface area contributed by atoms with Crippen LogP contribution >= 0.6 is 0 Å². The SMILES string of the molecule is CC(=O)NCC(=O)NCC(=O)N[C@@H](CCC(=O)C=N)C(=O)O. The molecule has 0 radical (unpaired) electrons. The fourth-order valence-electron chi connectivity index (χ4n) is 1.31. The maximum Gasteiger partial charge on any atom is 0.326 e. The van der Waals surface area contributed by atoms with E-state index in [-0.39, 0.29) is 19.4 Å². The molecule has 0 aromatic heterocycles. The van der Waals surface area contributed by atoms with Crippen LogP contribution in [0.3, 0.4) is 0 Å². The van der Waals surface area contributed by atoms with Crippen molar-refractivity contribution in [1.29, 1.82) is 5.41 Å². The molecule has 0 bridgehead atoms. The molecular formula is C12H18N4O6. The molecule has 22 heavy (non-hydrogen) atoms. The number of aliphatic carboxylic acids is 1. The Labute approximate surface area is 126 Å². The lowest BCUT2D eigenvalue weighted by molar-refractivity contribution is -0.142. The topological polar surface area (TPSA) is 166 Å². The molecule has 0 saturated heterocycles. The summed E-state index contributed by atoms with van der Waals surface area (Å²) >= 11 is 0. The summed E-state index contributed by atoms with van der Waals surface area (Å²) in [6, 6.07) is -1.29. The van der Waals surface area contributed by atoms with Crippen LogP contribution in [0.2, 0.25) is 0 Å². The summed E-state index contributed by atoms with van der Waals surface area (Å²) in [6.45, 7) is 0.479. The number of carbonyl (C=O) groups excluding carboxylic acids is 4. The number of hydrogen-bond acceptors (Lipinski definition) is 6. The van der Waals surface area contributed by atoms with Crippen LogP contribution in [-0.4, -0.2) is 59.9 Å². The summed E-state index contributed by atoms with van der Waals surface area (Å²) < 4.78 is 0. The van der Waals surface area contributed by atoms with Crippen LogP contribution in [0.1, 0.15) is 19.8 Å². The van der Waals surface area contributed by atoms with Crippen LogP contribution in [0.15, 0.2) is 0 Å². The standard InChI is InChI=1S/C12H18N4O6/c1-7(17)14-5-10(19)15-6-11(20)16-9(12(21)22)3-2-8(18)4-13/h4,9,13H,2-3,5-6H2,1H3,(H,14,17)(H,15,19)(H,16,20)(H,21,22)/t9-/m0/s1. The van der Waals surface area contributed by atoms with Gasteiger partial charge in [0.05, 0.1) is 19.3 Å². The van der Waals surface area contributed by atoms with Gasteiger partial charge in [-0.25, -0.2) is 4.79 Å². The molecule has 3 amide bonds. The van der Waals surface area contributed by atoms with Gasteiger partial charge in [0.1, 0.15) is 6.04 Å². The zero-order chi connectivity index (χ0) is 17.1. The maximum absolute atomic E-state index is 11.5. The number of nitrogens with one attached hydrogen (secondary N) is 4. The quantitative estimate of drug-likeness (QED) is 0.287. The van der Waals surface area contributed by atoms with E-state index in [0.717, 1.165) is 0 Å². The molecule has 0 unspecified atom stereocenters. The number of carboxylic acid groups (broad SMARTS) is 1. The van der Waals surface area contributed by atoms with Gasteiger partial charge in [-0.05, 0) is 6.42 Å². The van der Waals surface area contributed by atoms with E-state index in [1.54, 1.807) is 0 Å². The Hall–Kier alpha value is -2.78. The minimum absolute atomic E-state index is 0.158. The lowest BCUT2D eigenvalue weighted by Crippen LogP contribution is -2.47. The molecule has 5 N–H and O–H groups in total. The lowest BCUT2D eigenvalue weighted by Gasteiger charge is -2.14. The highest BCUT2D eigenvalue weighted by Crippen LogP contribution is 1.98. The van der Waals surface area contributed by atoms with E-state index in [4.69, 9.17) is 10.5 Å². The van der Waals surface area contributed by atoms with E-state index in [1.807, 2.05) is 0 Å². The van der Waals surface area contributed by atoms with Crippen molar-refractivity contribution in [2.24, 2.45) is 0 Å². The molecule has 0 aliphatic heterocycles. The molecule has 0 aromatic rings. The highest BCUT2D eigenvalue weighted by atomic mass is 16.4. The van der Waals surface area contributed by atoms with Gasteiger partial charge >= 0.3 is 5.97 Å². The van der Waals surface area contributed by atoms with Gasteiger partial charge in [0.15, 0.2) is 5.78 Å². The Bertz CT molecular complexity index is 476. The zero-order valence-corrected chi connectivity index (χ0v) is 12.0. The van der Waals surface area contributed by atoms with Gasteiger partial charge in [-0.3, -0.25) is 19.2 Å². The van der Waals surface area contributed by atoms with Crippen molar-refractivity contribution >= 4 is 35.7 Å². The monoisotopic (exact) mass is 314 g/mol. The van der Waals surface area contributed by atoms with Crippen molar-refractivity contribution < 1.29 is 29.1 Å². The average Bonchev–Trinajstić information content (AvgIpc) is 2.46. The predicted octanol–water partition coefficient (Wildman–Crippen LogP) is -2.19. The molecule has 122 valence electrons. The number of rotatable bonds is 10. The molecule has 0 aliphatic carbocycles. The Kier molecular flexibility index (Phi) is 8.75. The van der Waals surface area contributed by atoms with E-state index >= 15 is 0 Å². The lowest BCUT2D eigenvalue weighted by atomic mass is 10.1. The van der Waals surface area contributed by atoms with Crippen LogP contribution < -0.4 is 16.0 Å². The predicted molar refractivity (Wildman–Crippen MR) is 74.3 cm³/mol. The van der Waals surface area contributed by atoms with Crippen molar-refractivity contribution in [3.63, 3.8) is 0 Å². The van der Waals surface area contributed by atoms with Crippen molar-refractivity contribution in [1.82, 2.24) is 16.0 Å². The van der Waals surface area contributed by atoms with Gasteiger partial charge in [0.2, 0.25) is 17.7 Å². The maximum atomic E-state index is 11.5. The van der Waals surface area contributed by atoms with Gasteiger partial charge < -0.3 is 26.5 Å². The van der Waals surface area contributed by atoms with E-state index in [0.29, 0.717) is 6.21 Å².